The number of nitrogens with one attached hydrogen (secondary N) is 2. The topological polar surface area (TPSA) is 54.0 Å². The van der Waals surface area contributed by atoms with Gasteiger partial charge in [0.25, 0.3) is 0 Å². The minimum absolute atomic E-state index is 0.0506. The fourth-order valence-electron chi connectivity index (χ4n) is 1.40. The van der Waals surface area contributed by atoms with Crippen molar-refractivity contribution in [1.82, 2.24) is 15.6 Å². The third-order valence-corrected chi connectivity index (χ3v) is 3.61. The van der Waals surface area contributed by atoms with E-state index >= 15 is 0 Å². The maximum atomic E-state index is 11.7. The van der Waals surface area contributed by atoms with Crippen LogP contribution in [0.1, 0.15) is 38.4 Å². The Hall–Kier alpha value is -0.940. The van der Waals surface area contributed by atoms with E-state index in [1.54, 1.807) is 11.3 Å². The van der Waals surface area contributed by atoms with E-state index in [1.807, 2.05) is 12.3 Å². The summed E-state index contributed by atoms with van der Waals surface area (Å²) in [6.45, 7) is 9.51. The molecular formula is C13H23N3OS. The fraction of sp³-hybridized carbons (Fsp3) is 0.692. The standard InChI is InChI=1S/C13H23N3OS/c1-5-12-16-11(8-18-12)7-14-10(4)13(17)15-6-9(2)3/h8-10,14H,5-7H2,1-4H3,(H,15,17). The lowest BCUT2D eigenvalue weighted by Crippen LogP contribution is -2.43. The Kier molecular flexibility index (Phi) is 6.29. The van der Waals surface area contributed by atoms with E-state index in [4.69, 9.17) is 0 Å². The van der Waals surface area contributed by atoms with Gasteiger partial charge in [0, 0.05) is 18.5 Å². The second-order valence-electron chi connectivity index (χ2n) is 4.83. The van der Waals surface area contributed by atoms with Crippen molar-refractivity contribution in [3.8, 4) is 0 Å². The summed E-state index contributed by atoms with van der Waals surface area (Å²) in [5, 5.41) is 9.30. The molecule has 102 valence electrons. The number of thiazole rings is 1. The van der Waals surface area contributed by atoms with Crippen LogP contribution in [0.25, 0.3) is 0 Å². The predicted molar refractivity (Wildman–Crippen MR) is 75.6 cm³/mol. The largest absolute Gasteiger partial charge is 0.354 e. The number of rotatable bonds is 7. The number of hydrogen-bond acceptors (Lipinski definition) is 4. The zero-order valence-corrected chi connectivity index (χ0v) is 12.4. The predicted octanol–water partition coefficient (Wildman–Crippen LogP) is 1.96. The number of carbonyl (C=O) groups excluding carboxylic acids is 1. The van der Waals surface area contributed by atoms with Crippen LogP contribution in [0.4, 0.5) is 0 Å². The number of nitrogens with zero attached hydrogens (tertiary/aromatic N) is 1. The number of hydrogen-bond donors (Lipinski definition) is 2. The Morgan fingerprint density at radius 2 is 2.17 bits per heavy atom. The second kappa shape index (κ2) is 7.48. The lowest BCUT2D eigenvalue weighted by molar-refractivity contribution is -0.122. The zero-order chi connectivity index (χ0) is 13.5. The van der Waals surface area contributed by atoms with E-state index in [1.165, 1.54) is 0 Å². The molecule has 0 aliphatic rings. The van der Waals surface area contributed by atoms with Crippen molar-refractivity contribution in [2.24, 2.45) is 5.92 Å². The maximum absolute atomic E-state index is 11.7. The molecule has 1 unspecified atom stereocenters. The molecule has 1 heterocycles. The Labute approximate surface area is 113 Å². The number of aromatic nitrogens is 1. The van der Waals surface area contributed by atoms with Crippen molar-refractivity contribution < 1.29 is 4.79 Å². The highest BCUT2D eigenvalue weighted by Crippen LogP contribution is 2.09. The molecule has 0 aliphatic heterocycles. The summed E-state index contributed by atoms with van der Waals surface area (Å²) in [4.78, 5) is 16.2. The van der Waals surface area contributed by atoms with Gasteiger partial charge in [-0.1, -0.05) is 20.8 Å². The van der Waals surface area contributed by atoms with Crippen LogP contribution in [0.2, 0.25) is 0 Å². The van der Waals surface area contributed by atoms with Gasteiger partial charge >= 0.3 is 0 Å². The van der Waals surface area contributed by atoms with E-state index in [0.717, 1.165) is 23.7 Å². The van der Waals surface area contributed by atoms with Crippen LogP contribution in [0.3, 0.4) is 0 Å². The van der Waals surface area contributed by atoms with Crippen molar-refractivity contribution in [2.75, 3.05) is 6.54 Å². The summed E-state index contributed by atoms with van der Waals surface area (Å²) < 4.78 is 0. The molecule has 0 fully saturated rings. The second-order valence-corrected chi connectivity index (χ2v) is 5.77. The maximum Gasteiger partial charge on any atom is 0.236 e. The molecule has 1 aromatic rings. The highest BCUT2D eigenvalue weighted by Gasteiger charge is 2.12. The molecular weight excluding hydrogens is 246 g/mol. The molecule has 0 spiro atoms. The zero-order valence-electron chi connectivity index (χ0n) is 11.6. The van der Waals surface area contributed by atoms with Gasteiger partial charge < -0.3 is 10.6 Å². The molecule has 0 saturated heterocycles. The van der Waals surface area contributed by atoms with Gasteiger partial charge in [0.1, 0.15) is 0 Å². The van der Waals surface area contributed by atoms with Gasteiger partial charge in [-0.25, -0.2) is 4.98 Å². The smallest absolute Gasteiger partial charge is 0.236 e. The molecule has 5 heteroatoms. The molecule has 0 radical (unpaired) electrons. The first-order valence-electron chi connectivity index (χ1n) is 6.47. The molecule has 2 N–H and O–H groups in total. The first kappa shape index (κ1) is 15.1. The first-order chi connectivity index (χ1) is 8.52. The summed E-state index contributed by atoms with van der Waals surface area (Å²) in [7, 11) is 0. The van der Waals surface area contributed by atoms with E-state index in [9.17, 15) is 4.79 Å². The van der Waals surface area contributed by atoms with Crippen LogP contribution in [0, 0.1) is 5.92 Å². The SMILES string of the molecule is CCc1nc(CNC(C)C(=O)NCC(C)C)cs1. The van der Waals surface area contributed by atoms with Crippen molar-refractivity contribution in [2.45, 2.75) is 46.7 Å². The van der Waals surface area contributed by atoms with Crippen LogP contribution < -0.4 is 10.6 Å². The molecule has 4 nitrogen and oxygen atoms in total. The van der Waals surface area contributed by atoms with Crippen LogP contribution >= 0.6 is 11.3 Å². The van der Waals surface area contributed by atoms with Crippen LogP contribution in [-0.2, 0) is 17.8 Å². The van der Waals surface area contributed by atoms with Crippen LogP contribution in [0.15, 0.2) is 5.38 Å². The molecule has 0 bridgehead atoms. The average Bonchev–Trinajstić information content (AvgIpc) is 2.80. The van der Waals surface area contributed by atoms with Crippen molar-refractivity contribution in [3.05, 3.63) is 16.1 Å². The molecule has 0 aromatic carbocycles. The molecule has 1 atom stereocenters. The van der Waals surface area contributed by atoms with Gasteiger partial charge in [0.2, 0.25) is 5.91 Å². The average molecular weight is 269 g/mol. The molecule has 0 aliphatic carbocycles. The van der Waals surface area contributed by atoms with E-state index in [0.29, 0.717) is 12.5 Å². The first-order valence-corrected chi connectivity index (χ1v) is 7.35. The molecule has 1 amide bonds. The third-order valence-electron chi connectivity index (χ3n) is 2.57. The minimum atomic E-state index is -0.185. The van der Waals surface area contributed by atoms with E-state index in [2.05, 4.69) is 36.4 Å². The summed E-state index contributed by atoms with van der Waals surface area (Å²) in [6, 6.07) is -0.185. The Morgan fingerprint density at radius 3 is 2.72 bits per heavy atom. The number of carbonyl (C=O) groups is 1. The monoisotopic (exact) mass is 269 g/mol. The molecule has 18 heavy (non-hydrogen) atoms. The Balaban J connectivity index is 2.31. The van der Waals surface area contributed by atoms with E-state index in [-0.39, 0.29) is 11.9 Å². The van der Waals surface area contributed by atoms with Crippen molar-refractivity contribution in [3.63, 3.8) is 0 Å². The van der Waals surface area contributed by atoms with Crippen molar-refractivity contribution >= 4 is 17.2 Å². The molecule has 1 rings (SSSR count). The van der Waals surface area contributed by atoms with E-state index < -0.39 is 0 Å². The van der Waals surface area contributed by atoms with Gasteiger partial charge in [-0.15, -0.1) is 11.3 Å². The van der Waals surface area contributed by atoms with Gasteiger partial charge in [-0.05, 0) is 19.3 Å². The van der Waals surface area contributed by atoms with Crippen LogP contribution in [-0.4, -0.2) is 23.5 Å². The highest BCUT2D eigenvalue weighted by molar-refractivity contribution is 7.09. The highest BCUT2D eigenvalue weighted by atomic mass is 32.1. The molecule has 1 aromatic heterocycles. The lowest BCUT2D eigenvalue weighted by atomic mass is 10.2. The Morgan fingerprint density at radius 1 is 1.44 bits per heavy atom. The Bertz CT molecular complexity index is 376. The van der Waals surface area contributed by atoms with Gasteiger partial charge in [-0.2, -0.15) is 0 Å². The number of aryl methyl sites for hydroxylation is 1. The van der Waals surface area contributed by atoms with Gasteiger partial charge in [0.05, 0.1) is 16.7 Å². The van der Waals surface area contributed by atoms with Gasteiger partial charge in [-0.3, -0.25) is 4.79 Å². The number of amides is 1. The van der Waals surface area contributed by atoms with Crippen molar-refractivity contribution in [1.29, 1.82) is 0 Å². The fourth-order valence-corrected chi connectivity index (χ4v) is 2.15. The lowest BCUT2D eigenvalue weighted by Gasteiger charge is -2.14. The quantitative estimate of drug-likeness (QED) is 0.795. The summed E-state index contributed by atoms with van der Waals surface area (Å²) in [5.41, 5.74) is 1.01. The summed E-state index contributed by atoms with van der Waals surface area (Å²) in [5.74, 6) is 0.529. The normalized spacial score (nSPS) is 12.7. The van der Waals surface area contributed by atoms with Gasteiger partial charge in [0.15, 0.2) is 0 Å². The summed E-state index contributed by atoms with van der Waals surface area (Å²) >= 11 is 1.67. The molecule has 0 saturated carbocycles. The third kappa shape index (κ3) is 5.14. The van der Waals surface area contributed by atoms with Crippen LogP contribution in [0.5, 0.6) is 0 Å². The minimum Gasteiger partial charge on any atom is -0.354 e. The summed E-state index contributed by atoms with van der Waals surface area (Å²) in [6.07, 6.45) is 0.967.